The molecule has 0 saturated heterocycles. The third-order valence-corrected chi connectivity index (χ3v) is 5.34. The Balaban J connectivity index is 1.76. The highest BCUT2D eigenvalue weighted by Crippen LogP contribution is 2.45. The van der Waals surface area contributed by atoms with E-state index in [0.717, 1.165) is 19.4 Å². The van der Waals surface area contributed by atoms with E-state index in [0.29, 0.717) is 24.2 Å². The summed E-state index contributed by atoms with van der Waals surface area (Å²) in [5.74, 6) is -0.106. The number of aliphatic carboxylic acids is 1. The Morgan fingerprint density at radius 2 is 1.71 bits per heavy atom. The summed E-state index contributed by atoms with van der Waals surface area (Å²) < 4.78 is 0. The van der Waals surface area contributed by atoms with E-state index in [4.69, 9.17) is 5.11 Å². The van der Waals surface area contributed by atoms with E-state index in [2.05, 4.69) is 19.2 Å². The second-order valence-electron chi connectivity index (χ2n) is 7.56. The van der Waals surface area contributed by atoms with Gasteiger partial charge in [0.25, 0.3) is 0 Å². The highest BCUT2D eigenvalue weighted by atomic mass is 16.4. The Labute approximate surface area is 127 Å². The van der Waals surface area contributed by atoms with Gasteiger partial charge in [-0.25, -0.2) is 0 Å². The van der Waals surface area contributed by atoms with Crippen LogP contribution in [0.2, 0.25) is 0 Å². The molecule has 4 heteroatoms. The lowest BCUT2D eigenvalue weighted by molar-refractivity contribution is -0.144. The highest BCUT2D eigenvalue weighted by molar-refractivity contribution is 5.79. The second kappa shape index (κ2) is 6.80. The molecule has 2 aliphatic carbocycles. The van der Waals surface area contributed by atoms with Gasteiger partial charge >= 0.3 is 5.97 Å². The van der Waals surface area contributed by atoms with E-state index in [-0.39, 0.29) is 17.7 Å². The highest BCUT2D eigenvalue weighted by Gasteiger charge is 2.38. The van der Waals surface area contributed by atoms with Gasteiger partial charge in [-0.1, -0.05) is 20.3 Å². The van der Waals surface area contributed by atoms with E-state index in [1.54, 1.807) is 0 Å². The minimum Gasteiger partial charge on any atom is -0.481 e. The van der Waals surface area contributed by atoms with Crippen LogP contribution in [0.4, 0.5) is 0 Å². The van der Waals surface area contributed by atoms with E-state index >= 15 is 0 Å². The van der Waals surface area contributed by atoms with Crippen LogP contribution in [-0.4, -0.2) is 23.5 Å². The Kier molecular flexibility index (Phi) is 5.28. The fraction of sp³-hybridized carbons (Fsp3) is 0.882. The molecule has 4 nitrogen and oxygen atoms in total. The average molecular weight is 295 g/mol. The van der Waals surface area contributed by atoms with Crippen molar-refractivity contribution in [1.29, 1.82) is 0 Å². The predicted octanol–water partition coefficient (Wildman–Crippen LogP) is 3.21. The van der Waals surface area contributed by atoms with Crippen LogP contribution in [-0.2, 0) is 9.59 Å². The Bertz CT molecular complexity index is 379. The van der Waals surface area contributed by atoms with Crippen molar-refractivity contribution in [2.24, 2.45) is 23.2 Å². The zero-order valence-corrected chi connectivity index (χ0v) is 13.4. The largest absolute Gasteiger partial charge is 0.481 e. The SMILES string of the molecule is CC(C)CC1(CNC(=O)C2CCC(C(=O)O)CC2)CCC1. The quantitative estimate of drug-likeness (QED) is 0.790. The van der Waals surface area contributed by atoms with Gasteiger partial charge in [0.15, 0.2) is 0 Å². The monoisotopic (exact) mass is 295 g/mol. The molecule has 0 aromatic rings. The maximum absolute atomic E-state index is 12.3. The first kappa shape index (κ1) is 16.3. The van der Waals surface area contributed by atoms with Crippen LogP contribution in [0.15, 0.2) is 0 Å². The lowest BCUT2D eigenvalue weighted by atomic mass is 9.64. The number of hydrogen-bond donors (Lipinski definition) is 2. The lowest BCUT2D eigenvalue weighted by Gasteiger charge is -2.43. The van der Waals surface area contributed by atoms with E-state index in [1.165, 1.54) is 25.7 Å². The smallest absolute Gasteiger partial charge is 0.306 e. The molecule has 0 aliphatic heterocycles. The molecule has 0 bridgehead atoms. The molecule has 120 valence electrons. The normalized spacial score (nSPS) is 28.0. The lowest BCUT2D eigenvalue weighted by Crippen LogP contribution is -2.45. The minimum atomic E-state index is -0.709. The van der Waals surface area contributed by atoms with Crippen LogP contribution in [0, 0.1) is 23.2 Å². The number of carboxylic acids is 1. The van der Waals surface area contributed by atoms with Gasteiger partial charge in [0.1, 0.15) is 0 Å². The van der Waals surface area contributed by atoms with Crippen LogP contribution in [0.3, 0.4) is 0 Å². The first-order chi connectivity index (χ1) is 9.92. The Hall–Kier alpha value is -1.06. The molecule has 0 atom stereocenters. The third kappa shape index (κ3) is 4.21. The number of carboxylic acid groups (broad SMARTS) is 1. The topological polar surface area (TPSA) is 66.4 Å². The molecule has 1 amide bonds. The first-order valence-electron chi connectivity index (χ1n) is 8.42. The molecular formula is C17H29NO3. The van der Waals surface area contributed by atoms with Crippen LogP contribution >= 0.6 is 0 Å². The molecule has 0 radical (unpaired) electrons. The molecule has 0 aromatic carbocycles. The average Bonchev–Trinajstić information content (AvgIpc) is 2.41. The van der Waals surface area contributed by atoms with Crippen molar-refractivity contribution in [2.45, 2.75) is 65.2 Å². The summed E-state index contributed by atoms with van der Waals surface area (Å²) in [6, 6.07) is 0. The maximum Gasteiger partial charge on any atom is 0.306 e. The van der Waals surface area contributed by atoms with Crippen LogP contribution in [0.1, 0.15) is 65.2 Å². The zero-order valence-electron chi connectivity index (χ0n) is 13.4. The molecule has 2 saturated carbocycles. The molecule has 0 heterocycles. The molecular weight excluding hydrogens is 266 g/mol. The van der Waals surface area contributed by atoms with E-state index in [1.807, 2.05) is 0 Å². The van der Waals surface area contributed by atoms with Gasteiger partial charge in [-0.15, -0.1) is 0 Å². The van der Waals surface area contributed by atoms with Crippen molar-refractivity contribution in [1.82, 2.24) is 5.32 Å². The summed E-state index contributed by atoms with van der Waals surface area (Å²) in [6.07, 6.45) is 7.68. The molecule has 2 aliphatic rings. The zero-order chi connectivity index (χ0) is 15.5. The summed E-state index contributed by atoms with van der Waals surface area (Å²) in [6.45, 7) is 5.30. The number of nitrogens with one attached hydrogen (secondary N) is 1. The van der Waals surface area contributed by atoms with Crippen LogP contribution < -0.4 is 5.32 Å². The van der Waals surface area contributed by atoms with Crippen molar-refractivity contribution in [3.05, 3.63) is 0 Å². The number of amides is 1. The van der Waals surface area contributed by atoms with Crippen molar-refractivity contribution in [3.8, 4) is 0 Å². The number of carbonyl (C=O) groups excluding carboxylic acids is 1. The van der Waals surface area contributed by atoms with E-state index in [9.17, 15) is 9.59 Å². The van der Waals surface area contributed by atoms with Crippen LogP contribution in [0.25, 0.3) is 0 Å². The Morgan fingerprint density at radius 3 is 2.14 bits per heavy atom. The summed E-state index contributed by atoms with van der Waals surface area (Å²) in [4.78, 5) is 23.2. The van der Waals surface area contributed by atoms with Gasteiger partial charge in [0.2, 0.25) is 5.91 Å². The molecule has 2 fully saturated rings. The standard InChI is InChI=1S/C17H29NO3/c1-12(2)10-17(8-3-9-17)11-18-15(19)13-4-6-14(7-5-13)16(20)21/h12-14H,3-11H2,1-2H3,(H,18,19)(H,20,21). The summed E-state index contributed by atoms with van der Waals surface area (Å²) in [5.41, 5.74) is 0.335. The van der Waals surface area contributed by atoms with Crippen molar-refractivity contribution in [2.75, 3.05) is 6.54 Å². The minimum absolute atomic E-state index is 0.0248. The molecule has 21 heavy (non-hydrogen) atoms. The van der Waals surface area contributed by atoms with Gasteiger partial charge in [-0.05, 0) is 56.3 Å². The van der Waals surface area contributed by atoms with Crippen LogP contribution in [0.5, 0.6) is 0 Å². The fourth-order valence-corrected chi connectivity index (χ4v) is 4.02. The molecule has 0 spiro atoms. The second-order valence-corrected chi connectivity index (χ2v) is 7.56. The van der Waals surface area contributed by atoms with Crippen molar-refractivity contribution >= 4 is 11.9 Å². The first-order valence-corrected chi connectivity index (χ1v) is 8.42. The van der Waals surface area contributed by atoms with Gasteiger partial charge in [-0.3, -0.25) is 9.59 Å². The summed E-state index contributed by atoms with van der Waals surface area (Å²) in [5, 5.41) is 12.2. The van der Waals surface area contributed by atoms with Gasteiger partial charge in [-0.2, -0.15) is 0 Å². The van der Waals surface area contributed by atoms with Gasteiger partial charge in [0.05, 0.1) is 5.92 Å². The maximum atomic E-state index is 12.3. The molecule has 0 unspecified atom stereocenters. The van der Waals surface area contributed by atoms with Crippen molar-refractivity contribution in [3.63, 3.8) is 0 Å². The number of carbonyl (C=O) groups is 2. The Morgan fingerprint density at radius 1 is 1.14 bits per heavy atom. The summed E-state index contributed by atoms with van der Waals surface area (Å²) in [7, 11) is 0. The third-order valence-electron chi connectivity index (χ3n) is 5.34. The fourth-order valence-electron chi connectivity index (χ4n) is 4.02. The molecule has 0 aromatic heterocycles. The van der Waals surface area contributed by atoms with Crippen molar-refractivity contribution < 1.29 is 14.7 Å². The number of rotatable bonds is 6. The number of hydrogen-bond acceptors (Lipinski definition) is 2. The molecule has 2 rings (SSSR count). The van der Waals surface area contributed by atoms with E-state index < -0.39 is 5.97 Å². The van der Waals surface area contributed by atoms with Gasteiger partial charge in [0, 0.05) is 12.5 Å². The molecule has 2 N–H and O–H groups in total. The summed E-state index contributed by atoms with van der Waals surface area (Å²) >= 11 is 0. The van der Waals surface area contributed by atoms with Gasteiger partial charge < -0.3 is 10.4 Å². The predicted molar refractivity (Wildman–Crippen MR) is 81.8 cm³/mol.